The number of amides is 1. The van der Waals surface area contributed by atoms with Gasteiger partial charge in [0, 0.05) is 18.1 Å². The SMILES string of the molecule is O=C(NCc1ccccc1Cl)c1cnc(NCCc2ccccc2F)cn1. The molecule has 0 unspecified atom stereocenters. The van der Waals surface area contributed by atoms with Crippen LogP contribution in [0.3, 0.4) is 0 Å². The van der Waals surface area contributed by atoms with Crippen molar-refractivity contribution in [3.05, 3.63) is 88.6 Å². The zero-order valence-corrected chi connectivity index (χ0v) is 15.2. The van der Waals surface area contributed by atoms with E-state index < -0.39 is 0 Å². The Kier molecular flexibility index (Phi) is 6.33. The molecule has 0 saturated carbocycles. The van der Waals surface area contributed by atoms with Gasteiger partial charge in [0.1, 0.15) is 17.3 Å². The summed E-state index contributed by atoms with van der Waals surface area (Å²) in [5, 5.41) is 6.42. The molecule has 0 radical (unpaired) electrons. The molecule has 3 aromatic rings. The zero-order chi connectivity index (χ0) is 19.1. The van der Waals surface area contributed by atoms with Gasteiger partial charge in [-0.1, -0.05) is 48.0 Å². The Morgan fingerprint density at radius 1 is 1.00 bits per heavy atom. The number of nitrogens with zero attached hydrogens (tertiary/aromatic N) is 2. The largest absolute Gasteiger partial charge is 0.368 e. The first-order chi connectivity index (χ1) is 13.1. The summed E-state index contributed by atoms with van der Waals surface area (Å²) in [6.07, 6.45) is 3.40. The van der Waals surface area contributed by atoms with Gasteiger partial charge in [-0.3, -0.25) is 4.79 Å². The van der Waals surface area contributed by atoms with E-state index in [2.05, 4.69) is 20.6 Å². The van der Waals surface area contributed by atoms with Crippen molar-refractivity contribution in [2.45, 2.75) is 13.0 Å². The third-order valence-electron chi connectivity index (χ3n) is 3.94. The Morgan fingerprint density at radius 3 is 2.44 bits per heavy atom. The quantitative estimate of drug-likeness (QED) is 0.649. The Morgan fingerprint density at radius 2 is 1.74 bits per heavy atom. The van der Waals surface area contributed by atoms with Crippen LogP contribution in [-0.2, 0) is 13.0 Å². The van der Waals surface area contributed by atoms with E-state index in [1.807, 2.05) is 18.2 Å². The van der Waals surface area contributed by atoms with Crippen molar-refractivity contribution in [1.29, 1.82) is 0 Å². The van der Waals surface area contributed by atoms with E-state index in [4.69, 9.17) is 11.6 Å². The molecule has 3 rings (SSSR count). The van der Waals surface area contributed by atoms with Gasteiger partial charge in [-0.25, -0.2) is 14.4 Å². The molecule has 0 aliphatic heterocycles. The predicted octanol–water partition coefficient (Wildman–Crippen LogP) is 3.85. The fraction of sp³-hybridized carbons (Fsp3) is 0.150. The van der Waals surface area contributed by atoms with E-state index in [-0.39, 0.29) is 17.4 Å². The van der Waals surface area contributed by atoms with Crippen LogP contribution in [0.1, 0.15) is 21.6 Å². The van der Waals surface area contributed by atoms with E-state index in [1.165, 1.54) is 18.5 Å². The van der Waals surface area contributed by atoms with Crippen LogP contribution >= 0.6 is 11.6 Å². The van der Waals surface area contributed by atoms with E-state index in [0.29, 0.717) is 35.9 Å². The van der Waals surface area contributed by atoms with Crippen LogP contribution in [0.2, 0.25) is 5.02 Å². The van der Waals surface area contributed by atoms with Gasteiger partial charge >= 0.3 is 0 Å². The molecule has 0 atom stereocenters. The minimum absolute atomic E-state index is 0.210. The molecule has 7 heteroatoms. The van der Waals surface area contributed by atoms with Gasteiger partial charge in [0.05, 0.1) is 12.4 Å². The summed E-state index contributed by atoms with van der Waals surface area (Å²) in [5.74, 6) is -0.0368. The molecule has 1 amide bonds. The number of hydrogen-bond acceptors (Lipinski definition) is 4. The van der Waals surface area contributed by atoms with Crippen LogP contribution in [0.5, 0.6) is 0 Å². The fourth-order valence-electron chi connectivity index (χ4n) is 2.47. The van der Waals surface area contributed by atoms with E-state index in [9.17, 15) is 9.18 Å². The molecular weight excluding hydrogens is 367 g/mol. The summed E-state index contributed by atoms with van der Waals surface area (Å²) in [6.45, 7) is 0.816. The molecule has 27 heavy (non-hydrogen) atoms. The number of carbonyl (C=O) groups is 1. The zero-order valence-electron chi connectivity index (χ0n) is 14.5. The highest BCUT2D eigenvalue weighted by atomic mass is 35.5. The standard InChI is InChI=1S/C20H18ClFN4O/c21-16-7-3-1-6-15(16)11-26-20(27)18-12-25-19(13-24-18)23-10-9-14-5-2-4-8-17(14)22/h1-8,12-13H,9-11H2,(H,23,25)(H,26,27). The number of hydrogen-bond donors (Lipinski definition) is 2. The van der Waals surface area contributed by atoms with E-state index in [1.54, 1.807) is 24.3 Å². The number of aromatic nitrogens is 2. The summed E-state index contributed by atoms with van der Waals surface area (Å²) < 4.78 is 13.6. The molecule has 0 saturated heterocycles. The molecule has 2 aromatic carbocycles. The maximum Gasteiger partial charge on any atom is 0.271 e. The third kappa shape index (κ3) is 5.24. The van der Waals surface area contributed by atoms with Crippen LogP contribution < -0.4 is 10.6 Å². The molecule has 2 N–H and O–H groups in total. The van der Waals surface area contributed by atoms with Gasteiger partial charge in [-0.05, 0) is 29.7 Å². The Hall–Kier alpha value is -2.99. The van der Waals surface area contributed by atoms with Crippen molar-refractivity contribution in [1.82, 2.24) is 15.3 Å². The van der Waals surface area contributed by atoms with E-state index >= 15 is 0 Å². The van der Waals surface area contributed by atoms with Crippen molar-refractivity contribution in [3.63, 3.8) is 0 Å². The second-order valence-corrected chi connectivity index (χ2v) is 6.24. The lowest BCUT2D eigenvalue weighted by Gasteiger charge is -2.08. The molecular formula is C20H18ClFN4O. The van der Waals surface area contributed by atoms with Crippen molar-refractivity contribution in [3.8, 4) is 0 Å². The lowest BCUT2D eigenvalue weighted by atomic mass is 10.1. The van der Waals surface area contributed by atoms with Crippen LogP contribution in [0.25, 0.3) is 0 Å². The van der Waals surface area contributed by atoms with Crippen molar-refractivity contribution in [2.24, 2.45) is 0 Å². The second-order valence-electron chi connectivity index (χ2n) is 5.83. The summed E-state index contributed by atoms with van der Waals surface area (Å²) in [7, 11) is 0. The van der Waals surface area contributed by atoms with Gasteiger partial charge in [-0.15, -0.1) is 0 Å². The van der Waals surface area contributed by atoms with Crippen molar-refractivity contribution < 1.29 is 9.18 Å². The summed E-state index contributed by atoms with van der Waals surface area (Å²) in [4.78, 5) is 20.4. The van der Waals surface area contributed by atoms with Crippen LogP contribution in [0, 0.1) is 5.82 Å². The third-order valence-corrected chi connectivity index (χ3v) is 4.31. The number of rotatable bonds is 7. The first kappa shape index (κ1) is 18.8. The molecule has 0 aliphatic carbocycles. The maximum atomic E-state index is 13.6. The molecule has 0 fully saturated rings. The van der Waals surface area contributed by atoms with Gasteiger partial charge in [0.15, 0.2) is 0 Å². The maximum absolute atomic E-state index is 13.6. The number of benzene rings is 2. The normalized spacial score (nSPS) is 10.4. The van der Waals surface area contributed by atoms with Crippen LogP contribution in [0.15, 0.2) is 60.9 Å². The lowest BCUT2D eigenvalue weighted by Crippen LogP contribution is -2.24. The Balaban J connectivity index is 1.50. The Labute approximate surface area is 161 Å². The van der Waals surface area contributed by atoms with Gasteiger partial charge in [0.2, 0.25) is 0 Å². The minimum atomic E-state index is -0.333. The summed E-state index contributed by atoms with van der Waals surface area (Å²) >= 11 is 6.07. The predicted molar refractivity (Wildman–Crippen MR) is 103 cm³/mol. The van der Waals surface area contributed by atoms with Gasteiger partial charge < -0.3 is 10.6 Å². The topological polar surface area (TPSA) is 66.9 Å². The monoisotopic (exact) mass is 384 g/mol. The molecule has 0 spiro atoms. The van der Waals surface area contributed by atoms with Crippen molar-refractivity contribution >= 4 is 23.3 Å². The summed E-state index contributed by atoms with van der Waals surface area (Å²) in [5.41, 5.74) is 1.67. The molecule has 0 aliphatic rings. The average molecular weight is 385 g/mol. The summed E-state index contributed by atoms with van der Waals surface area (Å²) in [6, 6.07) is 13.9. The highest BCUT2D eigenvalue weighted by Gasteiger charge is 2.09. The van der Waals surface area contributed by atoms with E-state index in [0.717, 1.165) is 5.56 Å². The second kappa shape index (κ2) is 9.09. The Bertz CT molecular complexity index is 918. The number of halogens is 2. The highest BCUT2D eigenvalue weighted by Crippen LogP contribution is 2.14. The van der Waals surface area contributed by atoms with Gasteiger partial charge in [0.25, 0.3) is 5.91 Å². The average Bonchev–Trinajstić information content (AvgIpc) is 2.69. The smallest absolute Gasteiger partial charge is 0.271 e. The number of anilines is 1. The van der Waals surface area contributed by atoms with Crippen LogP contribution in [0.4, 0.5) is 10.2 Å². The van der Waals surface area contributed by atoms with Crippen molar-refractivity contribution in [2.75, 3.05) is 11.9 Å². The number of nitrogens with one attached hydrogen (secondary N) is 2. The van der Waals surface area contributed by atoms with Gasteiger partial charge in [-0.2, -0.15) is 0 Å². The molecule has 1 aromatic heterocycles. The number of carbonyl (C=O) groups excluding carboxylic acids is 1. The minimum Gasteiger partial charge on any atom is -0.368 e. The first-order valence-corrected chi connectivity index (χ1v) is 8.82. The highest BCUT2D eigenvalue weighted by molar-refractivity contribution is 6.31. The molecule has 1 heterocycles. The molecule has 5 nitrogen and oxygen atoms in total. The first-order valence-electron chi connectivity index (χ1n) is 8.44. The van der Waals surface area contributed by atoms with Crippen LogP contribution in [-0.4, -0.2) is 22.4 Å². The molecule has 0 bridgehead atoms. The fourth-order valence-corrected chi connectivity index (χ4v) is 2.67. The molecule has 138 valence electrons. The lowest BCUT2D eigenvalue weighted by molar-refractivity contribution is 0.0945.